The van der Waals surface area contributed by atoms with E-state index in [1.807, 2.05) is 0 Å². The molecule has 1 heterocycles. The van der Waals surface area contributed by atoms with Crippen LogP contribution in [0.4, 0.5) is 21.9 Å². The maximum absolute atomic E-state index is 13.2. The Kier molecular flexibility index (Phi) is 7.00. The second kappa shape index (κ2) is 10.2. The van der Waals surface area contributed by atoms with Crippen molar-refractivity contribution in [2.45, 2.75) is 0 Å². The number of rotatable bonds is 6. The van der Waals surface area contributed by atoms with Gasteiger partial charge in [0.05, 0.1) is 21.6 Å². The Balaban J connectivity index is 1.76. The Hall–Kier alpha value is -4.62. The molecule has 37 heavy (non-hydrogen) atoms. The van der Waals surface area contributed by atoms with E-state index < -0.39 is 44.6 Å². The van der Waals surface area contributed by atoms with Gasteiger partial charge in [-0.1, -0.05) is 27.5 Å². The smallest absolute Gasteiger partial charge is 0.335 e. The average molecular weight is 588 g/mol. The molecule has 14 heteroatoms. The number of hydrogen-bond acceptors (Lipinski definition) is 8. The van der Waals surface area contributed by atoms with Crippen LogP contribution >= 0.6 is 27.5 Å². The summed E-state index contributed by atoms with van der Waals surface area (Å²) < 4.78 is 6.36. The second-order valence-electron chi connectivity index (χ2n) is 7.38. The van der Waals surface area contributed by atoms with Gasteiger partial charge in [0, 0.05) is 21.1 Å². The molecule has 1 saturated heterocycles. The second-order valence-corrected chi connectivity index (χ2v) is 8.74. The third kappa shape index (κ3) is 5.32. The van der Waals surface area contributed by atoms with Gasteiger partial charge in [0.15, 0.2) is 0 Å². The normalized spacial score (nSPS) is 14.5. The molecule has 1 aliphatic rings. The van der Waals surface area contributed by atoms with Crippen LogP contribution in [0.5, 0.6) is 11.5 Å². The molecular formula is C23H12BrClN4O8. The lowest BCUT2D eigenvalue weighted by atomic mass is 10.1. The fourth-order valence-electron chi connectivity index (χ4n) is 3.33. The number of nitro groups is 2. The monoisotopic (exact) mass is 586 g/mol. The first-order chi connectivity index (χ1) is 17.5. The summed E-state index contributed by atoms with van der Waals surface area (Å²) in [5, 5.41) is 24.8. The van der Waals surface area contributed by atoms with Gasteiger partial charge in [-0.25, -0.2) is 9.69 Å². The van der Waals surface area contributed by atoms with Crippen molar-refractivity contribution in [3.05, 3.63) is 102 Å². The zero-order valence-corrected chi connectivity index (χ0v) is 20.6. The van der Waals surface area contributed by atoms with Crippen LogP contribution in [0.3, 0.4) is 0 Å². The lowest BCUT2D eigenvalue weighted by Crippen LogP contribution is -2.54. The Bertz CT molecular complexity index is 1520. The van der Waals surface area contributed by atoms with Crippen LogP contribution in [0.1, 0.15) is 5.56 Å². The number of ether oxygens (including phenoxy) is 1. The van der Waals surface area contributed by atoms with Gasteiger partial charge in [0.25, 0.3) is 17.5 Å². The highest BCUT2D eigenvalue weighted by Crippen LogP contribution is 2.37. The number of hydrogen-bond donors (Lipinski definition) is 1. The van der Waals surface area contributed by atoms with Crippen LogP contribution in [0.15, 0.2) is 70.7 Å². The third-order valence-electron chi connectivity index (χ3n) is 5.03. The molecule has 4 amide bonds. The summed E-state index contributed by atoms with van der Waals surface area (Å²) in [6.45, 7) is 0. The Morgan fingerprint density at radius 3 is 2.24 bits per heavy atom. The largest absolute Gasteiger partial charge is 0.449 e. The molecule has 1 fully saturated rings. The van der Waals surface area contributed by atoms with Gasteiger partial charge in [0.1, 0.15) is 11.3 Å². The highest BCUT2D eigenvalue weighted by atomic mass is 79.9. The van der Waals surface area contributed by atoms with Gasteiger partial charge in [-0.05, 0) is 54.6 Å². The molecule has 0 saturated carbocycles. The van der Waals surface area contributed by atoms with Gasteiger partial charge >= 0.3 is 11.7 Å². The van der Waals surface area contributed by atoms with Gasteiger partial charge in [-0.15, -0.1) is 0 Å². The van der Waals surface area contributed by atoms with Crippen molar-refractivity contribution in [1.82, 2.24) is 5.32 Å². The van der Waals surface area contributed by atoms with Crippen molar-refractivity contribution in [3.63, 3.8) is 0 Å². The zero-order valence-electron chi connectivity index (χ0n) is 18.2. The maximum Gasteiger partial charge on any atom is 0.335 e. The van der Waals surface area contributed by atoms with E-state index in [9.17, 15) is 34.6 Å². The molecule has 186 valence electrons. The first-order valence-corrected chi connectivity index (χ1v) is 11.3. The van der Waals surface area contributed by atoms with Gasteiger partial charge in [-0.2, -0.15) is 0 Å². The zero-order chi connectivity index (χ0) is 26.9. The maximum atomic E-state index is 13.2. The van der Waals surface area contributed by atoms with E-state index in [2.05, 4.69) is 21.2 Å². The van der Waals surface area contributed by atoms with Crippen molar-refractivity contribution < 1.29 is 29.0 Å². The number of halogens is 2. The van der Waals surface area contributed by atoms with E-state index in [1.165, 1.54) is 30.3 Å². The van der Waals surface area contributed by atoms with Crippen LogP contribution in [0.2, 0.25) is 5.02 Å². The summed E-state index contributed by atoms with van der Waals surface area (Å²) in [6, 6.07) is 12.1. The summed E-state index contributed by atoms with van der Waals surface area (Å²) in [5.74, 6) is -2.29. The number of carbonyl (C=O) groups is 3. The molecule has 0 spiro atoms. The molecule has 4 rings (SSSR count). The van der Waals surface area contributed by atoms with Crippen molar-refractivity contribution in [3.8, 4) is 11.5 Å². The molecule has 0 atom stereocenters. The molecule has 0 bridgehead atoms. The predicted molar refractivity (Wildman–Crippen MR) is 134 cm³/mol. The van der Waals surface area contributed by atoms with Crippen LogP contribution in [0.25, 0.3) is 6.08 Å². The summed E-state index contributed by atoms with van der Waals surface area (Å²) in [4.78, 5) is 59.8. The van der Waals surface area contributed by atoms with Crippen LogP contribution in [-0.4, -0.2) is 27.7 Å². The lowest BCUT2D eigenvalue weighted by molar-refractivity contribution is -0.394. The van der Waals surface area contributed by atoms with Gasteiger partial charge in [0.2, 0.25) is 5.75 Å². The standard InChI is InChI=1S/C23H12BrClN4O8/c24-13-1-4-15(5-2-13)27-22(31)17(21(30)26-23(27)32)10-12-9-14(25)3-7-19(12)37-20-8-6-16(28(33)34)11-18(20)29(35)36/h1-11H,(H,26,30,32)/b17-10+. The number of nitro benzene ring substituents is 2. The third-order valence-corrected chi connectivity index (χ3v) is 5.79. The molecule has 0 aliphatic carbocycles. The molecule has 1 N–H and O–H groups in total. The molecular weight excluding hydrogens is 576 g/mol. The van der Waals surface area contributed by atoms with E-state index in [0.29, 0.717) is 4.47 Å². The van der Waals surface area contributed by atoms with Gasteiger partial charge in [-0.3, -0.25) is 35.1 Å². The van der Waals surface area contributed by atoms with E-state index in [0.717, 1.165) is 29.2 Å². The van der Waals surface area contributed by atoms with Crippen molar-refractivity contribution in [2.24, 2.45) is 0 Å². The van der Waals surface area contributed by atoms with E-state index >= 15 is 0 Å². The quantitative estimate of drug-likeness (QED) is 0.174. The van der Waals surface area contributed by atoms with Crippen molar-refractivity contribution in [2.75, 3.05) is 4.90 Å². The Labute approximate surface area is 220 Å². The van der Waals surface area contributed by atoms with E-state index in [-0.39, 0.29) is 27.8 Å². The number of nitrogens with zero attached hydrogens (tertiary/aromatic N) is 3. The van der Waals surface area contributed by atoms with Crippen LogP contribution in [0, 0.1) is 20.2 Å². The first-order valence-electron chi connectivity index (χ1n) is 10.1. The predicted octanol–water partition coefficient (Wildman–Crippen LogP) is 5.38. The lowest BCUT2D eigenvalue weighted by Gasteiger charge is -2.26. The average Bonchev–Trinajstić information content (AvgIpc) is 2.84. The Morgan fingerprint density at radius 1 is 0.919 bits per heavy atom. The summed E-state index contributed by atoms with van der Waals surface area (Å²) >= 11 is 9.35. The van der Waals surface area contributed by atoms with Crippen molar-refractivity contribution in [1.29, 1.82) is 0 Å². The topological polar surface area (TPSA) is 162 Å². The minimum absolute atomic E-state index is 0.0541. The number of anilines is 1. The number of amides is 4. The number of barbiturate groups is 1. The molecule has 3 aromatic rings. The fourth-order valence-corrected chi connectivity index (χ4v) is 3.77. The summed E-state index contributed by atoms with van der Waals surface area (Å²) in [7, 11) is 0. The Morgan fingerprint density at radius 2 is 1.59 bits per heavy atom. The van der Waals surface area contributed by atoms with Crippen LogP contribution < -0.4 is 15.0 Å². The molecule has 1 aliphatic heterocycles. The number of urea groups is 1. The molecule has 0 unspecified atom stereocenters. The van der Waals surface area contributed by atoms with Crippen molar-refractivity contribution >= 4 is 68.5 Å². The van der Waals surface area contributed by atoms with Crippen LogP contribution in [-0.2, 0) is 9.59 Å². The molecule has 3 aromatic carbocycles. The number of nitrogens with one attached hydrogen (secondary N) is 1. The fraction of sp³-hybridized carbons (Fsp3) is 0. The molecule has 12 nitrogen and oxygen atoms in total. The number of carbonyl (C=O) groups excluding carboxylic acids is 3. The van der Waals surface area contributed by atoms with E-state index in [4.69, 9.17) is 16.3 Å². The van der Waals surface area contributed by atoms with Gasteiger partial charge < -0.3 is 4.74 Å². The summed E-state index contributed by atoms with van der Waals surface area (Å²) in [6.07, 6.45) is 1.12. The molecule has 0 aromatic heterocycles. The highest BCUT2D eigenvalue weighted by Gasteiger charge is 2.37. The van der Waals surface area contributed by atoms with E-state index in [1.54, 1.807) is 12.1 Å². The number of non-ortho nitro benzene ring substituents is 1. The molecule has 0 radical (unpaired) electrons. The highest BCUT2D eigenvalue weighted by molar-refractivity contribution is 9.10. The minimum atomic E-state index is -0.976. The SMILES string of the molecule is O=C1NC(=O)N(c2ccc(Br)cc2)C(=O)/C1=C/c1cc(Cl)ccc1Oc1ccc([N+](=O)[O-])cc1[N+](=O)[O-]. The number of benzene rings is 3. The summed E-state index contributed by atoms with van der Waals surface area (Å²) in [5.41, 5.74) is -1.36. The minimum Gasteiger partial charge on any atom is -0.449 e. The number of imide groups is 2. The first kappa shape index (κ1) is 25.5.